The number of aromatic carboxylic acids is 1. The number of carboxylic acid groups (broad SMARTS) is 1. The Morgan fingerprint density at radius 1 is 1.39 bits per heavy atom. The average Bonchev–Trinajstić information content (AvgIpc) is 2.75. The molecule has 94 valence electrons. The van der Waals surface area contributed by atoms with E-state index in [0.717, 1.165) is 23.4 Å². The van der Waals surface area contributed by atoms with Gasteiger partial charge in [0.25, 0.3) is 0 Å². The Morgan fingerprint density at radius 3 is 2.61 bits per heavy atom. The van der Waals surface area contributed by atoms with E-state index < -0.39 is 5.97 Å². The number of carboxylic acids is 1. The summed E-state index contributed by atoms with van der Waals surface area (Å²) in [7, 11) is 0. The molecule has 1 aromatic heterocycles. The second-order valence-electron chi connectivity index (χ2n) is 3.96. The average molecular weight is 262 g/mol. The van der Waals surface area contributed by atoms with Gasteiger partial charge in [-0.05, 0) is 25.0 Å². The molecule has 2 rings (SSSR count). The van der Waals surface area contributed by atoms with Crippen LogP contribution in [0, 0.1) is 0 Å². The van der Waals surface area contributed by atoms with Gasteiger partial charge in [-0.2, -0.15) is 0 Å². The molecule has 1 aromatic carbocycles. The van der Waals surface area contributed by atoms with Crippen LogP contribution in [0.3, 0.4) is 0 Å². The Bertz CT molecular complexity index is 561. The van der Waals surface area contributed by atoms with Crippen LogP contribution >= 0.6 is 11.3 Å². The zero-order valence-electron chi connectivity index (χ0n) is 10.0. The van der Waals surface area contributed by atoms with Gasteiger partial charge in [0, 0.05) is 11.3 Å². The number of thiazole rings is 1. The number of nitrogens with two attached hydrogens (primary N) is 1. The van der Waals surface area contributed by atoms with Gasteiger partial charge in [-0.15, -0.1) is 11.3 Å². The second kappa shape index (κ2) is 5.18. The molecule has 0 aliphatic carbocycles. The molecule has 2 aromatic rings. The molecule has 1 heterocycles. The van der Waals surface area contributed by atoms with Crippen molar-refractivity contribution in [2.45, 2.75) is 19.8 Å². The van der Waals surface area contributed by atoms with E-state index in [9.17, 15) is 9.90 Å². The Labute approximate surface area is 109 Å². The summed E-state index contributed by atoms with van der Waals surface area (Å²) in [6.45, 7) is 2.05. The van der Waals surface area contributed by atoms with Crippen LogP contribution in [0.2, 0.25) is 0 Å². The van der Waals surface area contributed by atoms with Crippen LogP contribution in [0.15, 0.2) is 24.3 Å². The minimum absolute atomic E-state index is 0.295. The first-order valence-corrected chi connectivity index (χ1v) is 6.52. The summed E-state index contributed by atoms with van der Waals surface area (Å²) >= 11 is 1.25. The number of nitrogen functional groups attached to an aromatic ring is 1. The highest BCUT2D eigenvalue weighted by Gasteiger charge is 2.18. The van der Waals surface area contributed by atoms with Crippen molar-refractivity contribution >= 4 is 23.0 Å². The number of hydrogen-bond donors (Lipinski definition) is 2. The number of anilines is 1. The van der Waals surface area contributed by atoms with Crippen LogP contribution in [0.5, 0.6) is 0 Å². The third-order valence-electron chi connectivity index (χ3n) is 2.51. The lowest BCUT2D eigenvalue weighted by Crippen LogP contribution is -1.95. The highest BCUT2D eigenvalue weighted by Crippen LogP contribution is 2.29. The van der Waals surface area contributed by atoms with Crippen molar-refractivity contribution in [1.82, 2.24) is 4.98 Å². The lowest BCUT2D eigenvalue weighted by atomic mass is 10.1. The van der Waals surface area contributed by atoms with Gasteiger partial charge >= 0.3 is 5.97 Å². The zero-order chi connectivity index (χ0) is 13.1. The molecule has 0 amide bonds. The van der Waals surface area contributed by atoms with E-state index in [0.29, 0.717) is 16.3 Å². The summed E-state index contributed by atoms with van der Waals surface area (Å²) in [5, 5.41) is 10.1. The van der Waals surface area contributed by atoms with Gasteiger partial charge in [0.2, 0.25) is 0 Å². The fraction of sp³-hybridized carbons (Fsp3) is 0.231. The third kappa shape index (κ3) is 2.51. The maximum atomic E-state index is 11.2. The van der Waals surface area contributed by atoms with Crippen LogP contribution in [0.25, 0.3) is 11.3 Å². The minimum atomic E-state index is -0.929. The fourth-order valence-electron chi connectivity index (χ4n) is 1.67. The molecule has 0 fully saturated rings. The first-order valence-electron chi connectivity index (χ1n) is 5.70. The van der Waals surface area contributed by atoms with Crippen molar-refractivity contribution in [2.24, 2.45) is 0 Å². The summed E-state index contributed by atoms with van der Waals surface area (Å²) in [6.07, 6.45) is 1.76. The number of carbonyl (C=O) groups is 1. The van der Waals surface area contributed by atoms with Gasteiger partial charge < -0.3 is 10.8 Å². The van der Waals surface area contributed by atoms with Crippen LogP contribution < -0.4 is 5.73 Å². The number of aryl methyl sites for hydroxylation is 1. The molecule has 18 heavy (non-hydrogen) atoms. The van der Waals surface area contributed by atoms with E-state index in [1.807, 2.05) is 6.92 Å². The topological polar surface area (TPSA) is 76.2 Å². The van der Waals surface area contributed by atoms with E-state index in [-0.39, 0.29) is 0 Å². The number of nitrogens with zero attached hydrogens (tertiary/aromatic N) is 1. The molecule has 0 aliphatic heterocycles. The number of benzene rings is 1. The van der Waals surface area contributed by atoms with E-state index in [1.54, 1.807) is 24.3 Å². The van der Waals surface area contributed by atoms with Crippen LogP contribution in [-0.2, 0) is 6.42 Å². The van der Waals surface area contributed by atoms with Gasteiger partial charge in [-0.1, -0.05) is 19.1 Å². The predicted molar refractivity (Wildman–Crippen MR) is 72.9 cm³/mol. The zero-order valence-corrected chi connectivity index (χ0v) is 10.8. The normalized spacial score (nSPS) is 10.5. The van der Waals surface area contributed by atoms with Gasteiger partial charge in [0.15, 0.2) is 0 Å². The van der Waals surface area contributed by atoms with E-state index >= 15 is 0 Å². The maximum Gasteiger partial charge on any atom is 0.348 e. The highest BCUT2D eigenvalue weighted by atomic mass is 32.1. The van der Waals surface area contributed by atoms with Crippen LogP contribution in [0.4, 0.5) is 5.69 Å². The molecule has 0 aliphatic rings. The molecular weight excluding hydrogens is 248 g/mol. The van der Waals surface area contributed by atoms with Crippen molar-refractivity contribution in [2.75, 3.05) is 5.73 Å². The summed E-state index contributed by atoms with van der Waals surface area (Å²) in [4.78, 5) is 15.9. The standard InChI is InChI=1S/C13H14N2O2S/c1-2-3-10-15-11(12(18-10)13(16)17)8-4-6-9(14)7-5-8/h4-7H,2-3,14H2,1H3,(H,16,17). The molecule has 4 nitrogen and oxygen atoms in total. The van der Waals surface area contributed by atoms with Crippen molar-refractivity contribution < 1.29 is 9.90 Å². The highest BCUT2D eigenvalue weighted by molar-refractivity contribution is 7.14. The molecule has 0 saturated carbocycles. The van der Waals surface area contributed by atoms with Crippen molar-refractivity contribution in [3.8, 4) is 11.3 Å². The van der Waals surface area contributed by atoms with Crippen LogP contribution in [0.1, 0.15) is 28.0 Å². The summed E-state index contributed by atoms with van der Waals surface area (Å²) in [6, 6.07) is 7.10. The van der Waals surface area contributed by atoms with E-state index in [4.69, 9.17) is 5.73 Å². The molecule has 0 saturated heterocycles. The molecular formula is C13H14N2O2S. The molecule has 0 atom stereocenters. The maximum absolute atomic E-state index is 11.2. The Morgan fingerprint density at radius 2 is 2.06 bits per heavy atom. The lowest BCUT2D eigenvalue weighted by Gasteiger charge is -1.99. The van der Waals surface area contributed by atoms with E-state index in [1.165, 1.54) is 11.3 Å². The van der Waals surface area contributed by atoms with Gasteiger partial charge in [-0.25, -0.2) is 9.78 Å². The molecule has 0 spiro atoms. The predicted octanol–water partition coefficient (Wildman–Crippen LogP) is 3.04. The smallest absolute Gasteiger partial charge is 0.348 e. The van der Waals surface area contributed by atoms with Crippen LogP contribution in [-0.4, -0.2) is 16.1 Å². The van der Waals surface area contributed by atoms with E-state index in [2.05, 4.69) is 4.98 Å². The van der Waals surface area contributed by atoms with Gasteiger partial charge in [0.1, 0.15) is 4.88 Å². The fourth-order valence-corrected chi connectivity index (χ4v) is 2.69. The SMILES string of the molecule is CCCc1nc(-c2ccc(N)cc2)c(C(=O)O)s1. The number of hydrogen-bond acceptors (Lipinski definition) is 4. The lowest BCUT2D eigenvalue weighted by molar-refractivity contribution is 0.0702. The Balaban J connectivity index is 2.47. The van der Waals surface area contributed by atoms with Crippen molar-refractivity contribution in [3.05, 3.63) is 34.2 Å². The first-order chi connectivity index (χ1) is 8.61. The summed E-state index contributed by atoms with van der Waals surface area (Å²) in [5.74, 6) is -0.929. The Kier molecular flexibility index (Phi) is 3.62. The van der Waals surface area contributed by atoms with Gasteiger partial charge in [0.05, 0.1) is 10.7 Å². The second-order valence-corrected chi connectivity index (χ2v) is 5.05. The molecule has 3 N–H and O–H groups in total. The summed E-state index contributed by atoms with van der Waals surface area (Å²) < 4.78 is 0. The number of aromatic nitrogens is 1. The van der Waals surface area contributed by atoms with Crippen molar-refractivity contribution in [1.29, 1.82) is 0 Å². The quantitative estimate of drug-likeness (QED) is 0.830. The molecule has 5 heteroatoms. The van der Waals surface area contributed by atoms with Crippen molar-refractivity contribution in [3.63, 3.8) is 0 Å². The minimum Gasteiger partial charge on any atom is -0.477 e. The third-order valence-corrected chi connectivity index (χ3v) is 3.62. The Hall–Kier alpha value is -1.88. The first kappa shape index (κ1) is 12.6. The largest absolute Gasteiger partial charge is 0.477 e. The summed E-state index contributed by atoms with van der Waals surface area (Å²) in [5.41, 5.74) is 7.60. The molecule has 0 unspecified atom stereocenters. The molecule has 0 bridgehead atoms. The van der Waals surface area contributed by atoms with Gasteiger partial charge in [-0.3, -0.25) is 0 Å². The monoisotopic (exact) mass is 262 g/mol. The number of rotatable bonds is 4. The molecule has 0 radical (unpaired) electrons.